The first-order chi connectivity index (χ1) is 9.34. The molecule has 0 aromatic carbocycles. The van der Waals surface area contributed by atoms with Crippen LogP contribution in [0.3, 0.4) is 0 Å². The van der Waals surface area contributed by atoms with Crippen LogP contribution in [0.15, 0.2) is 36.7 Å². The number of imidazole rings is 1. The first-order valence-electron chi connectivity index (χ1n) is 6.31. The maximum absolute atomic E-state index is 12.0. The highest BCUT2D eigenvalue weighted by Gasteiger charge is 2.14. The van der Waals surface area contributed by atoms with Crippen LogP contribution >= 0.6 is 0 Å². The van der Waals surface area contributed by atoms with Crippen LogP contribution in [0, 0.1) is 0 Å². The number of pyridine rings is 1. The summed E-state index contributed by atoms with van der Waals surface area (Å²) in [5.41, 5.74) is 1.78. The van der Waals surface area contributed by atoms with Crippen molar-refractivity contribution >= 4 is 17.6 Å². The summed E-state index contributed by atoms with van der Waals surface area (Å²) in [5.74, 6) is 0.0224. The fourth-order valence-corrected chi connectivity index (χ4v) is 2.12. The number of rotatable bonds is 2. The molecule has 5 heteroatoms. The van der Waals surface area contributed by atoms with Crippen LogP contribution in [0.25, 0.3) is 11.7 Å². The molecule has 0 atom stereocenters. The molecule has 0 saturated carbocycles. The van der Waals surface area contributed by atoms with Gasteiger partial charge in [0.1, 0.15) is 5.65 Å². The highest BCUT2D eigenvalue weighted by Crippen LogP contribution is 2.08. The van der Waals surface area contributed by atoms with E-state index in [0.717, 1.165) is 11.3 Å². The average molecular weight is 257 g/mol. The van der Waals surface area contributed by atoms with Crippen molar-refractivity contribution in [3.8, 4) is 0 Å². The molecule has 19 heavy (non-hydrogen) atoms. The largest absolute Gasteiger partial charge is 0.378 e. The number of ether oxygens (including phenoxy) is 1. The Morgan fingerprint density at radius 1 is 1.32 bits per heavy atom. The van der Waals surface area contributed by atoms with Crippen molar-refractivity contribution in [3.63, 3.8) is 0 Å². The summed E-state index contributed by atoms with van der Waals surface area (Å²) in [6.07, 6.45) is 7.10. The SMILES string of the molecule is O=C(/C=C/c1cnc2ccccn12)N1CCOCC1. The molecule has 1 aliphatic rings. The molecule has 2 aromatic heterocycles. The second kappa shape index (κ2) is 5.24. The Hall–Kier alpha value is -2.14. The smallest absolute Gasteiger partial charge is 0.246 e. The molecular formula is C14H15N3O2. The third kappa shape index (κ3) is 2.51. The lowest BCUT2D eigenvalue weighted by Gasteiger charge is -2.25. The number of carbonyl (C=O) groups excluding carboxylic acids is 1. The van der Waals surface area contributed by atoms with Gasteiger partial charge in [0.15, 0.2) is 0 Å². The van der Waals surface area contributed by atoms with E-state index < -0.39 is 0 Å². The summed E-state index contributed by atoms with van der Waals surface area (Å²) in [6.45, 7) is 2.57. The molecule has 1 fully saturated rings. The predicted molar refractivity (Wildman–Crippen MR) is 71.6 cm³/mol. The van der Waals surface area contributed by atoms with Gasteiger partial charge in [-0.05, 0) is 18.2 Å². The maximum Gasteiger partial charge on any atom is 0.246 e. The van der Waals surface area contributed by atoms with E-state index in [1.807, 2.05) is 28.8 Å². The standard InChI is InChI=1S/C14H15N3O2/c18-14(16-7-9-19-10-8-16)5-4-12-11-15-13-3-1-2-6-17(12)13/h1-6,11H,7-10H2/b5-4+. The van der Waals surface area contributed by atoms with Gasteiger partial charge in [0.25, 0.3) is 0 Å². The number of aromatic nitrogens is 2. The first kappa shape index (κ1) is 11.9. The zero-order chi connectivity index (χ0) is 13.1. The van der Waals surface area contributed by atoms with Crippen molar-refractivity contribution in [1.29, 1.82) is 0 Å². The number of amides is 1. The third-order valence-electron chi connectivity index (χ3n) is 3.17. The van der Waals surface area contributed by atoms with Crippen LogP contribution < -0.4 is 0 Å². The Balaban J connectivity index is 1.76. The Morgan fingerprint density at radius 3 is 3.00 bits per heavy atom. The molecule has 0 spiro atoms. The molecule has 1 aliphatic heterocycles. The molecular weight excluding hydrogens is 242 g/mol. The minimum absolute atomic E-state index is 0.0224. The molecule has 3 heterocycles. The summed E-state index contributed by atoms with van der Waals surface area (Å²) >= 11 is 0. The lowest BCUT2D eigenvalue weighted by Crippen LogP contribution is -2.39. The van der Waals surface area contributed by atoms with E-state index in [9.17, 15) is 4.79 Å². The van der Waals surface area contributed by atoms with Crippen LogP contribution in [0.5, 0.6) is 0 Å². The van der Waals surface area contributed by atoms with E-state index in [0.29, 0.717) is 26.3 Å². The van der Waals surface area contributed by atoms with Gasteiger partial charge in [0.05, 0.1) is 25.1 Å². The number of carbonyl (C=O) groups is 1. The van der Waals surface area contributed by atoms with E-state index in [1.165, 1.54) is 0 Å². The van der Waals surface area contributed by atoms with E-state index >= 15 is 0 Å². The molecule has 1 amide bonds. The van der Waals surface area contributed by atoms with Gasteiger partial charge < -0.3 is 14.0 Å². The summed E-state index contributed by atoms with van der Waals surface area (Å²) in [5, 5.41) is 0. The summed E-state index contributed by atoms with van der Waals surface area (Å²) in [7, 11) is 0. The summed E-state index contributed by atoms with van der Waals surface area (Å²) in [4.78, 5) is 18.1. The Morgan fingerprint density at radius 2 is 2.16 bits per heavy atom. The first-order valence-corrected chi connectivity index (χ1v) is 6.31. The second-order valence-electron chi connectivity index (χ2n) is 4.38. The summed E-state index contributed by atoms with van der Waals surface area (Å²) < 4.78 is 7.17. The molecule has 0 N–H and O–H groups in total. The Kier molecular flexibility index (Phi) is 3.29. The van der Waals surface area contributed by atoms with Gasteiger partial charge >= 0.3 is 0 Å². The predicted octanol–water partition coefficient (Wildman–Crippen LogP) is 1.21. The molecule has 0 aliphatic carbocycles. The maximum atomic E-state index is 12.0. The van der Waals surface area contributed by atoms with Crippen molar-refractivity contribution in [3.05, 3.63) is 42.4 Å². The molecule has 2 aromatic rings. The molecule has 1 saturated heterocycles. The Bertz CT molecular complexity index is 612. The van der Waals surface area contributed by atoms with Crippen LogP contribution in [-0.2, 0) is 9.53 Å². The monoisotopic (exact) mass is 257 g/mol. The third-order valence-corrected chi connectivity index (χ3v) is 3.17. The number of fused-ring (bicyclic) bond motifs is 1. The minimum Gasteiger partial charge on any atom is -0.378 e. The fraction of sp³-hybridized carbons (Fsp3) is 0.286. The normalized spacial score (nSPS) is 16.3. The van der Waals surface area contributed by atoms with Gasteiger partial charge in [-0.3, -0.25) is 4.79 Å². The van der Waals surface area contributed by atoms with Gasteiger partial charge in [-0.25, -0.2) is 4.98 Å². The summed E-state index contributed by atoms with van der Waals surface area (Å²) in [6, 6.07) is 5.81. The van der Waals surface area contributed by atoms with Gasteiger partial charge in [-0.1, -0.05) is 6.07 Å². The van der Waals surface area contributed by atoms with E-state index in [2.05, 4.69) is 4.98 Å². The van der Waals surface area contributed by atoms with Gasteiger partial charge in [0.2, 0.25) is 5.91 Å². The Labute approximate surface area is 111 Å². The molecule has 3 rings (SSSR count). The zero-order valence-electron chi connectivity index (χ0n) is 10.5. The minimum atomic E-state index is 0.0224. The quantitative estimate of drug-likeness (QED) is 0.760. The molecule has 0 radical (unpaired) electrons. The lowest BCUT2D eigenvalue weighted by molar-refractivity contribution is -0.129. The van der Waals surface area contributed by atoms with Crippen LogP contribution in [0.4, 0.5) is 0 Å². The van der Waals surface area contributed by atoms with Gasteiger partial charge in [0, 0.05) is 25.4 Å². The highest BCUT2D eigenvalue weighted by atomic mass is 16.5. The number of hydrogen-bond donors (Lipinski definition) is 0. The van der Waals surface area contributed by atoms with Crippen molar-refractivity contribution in [2.45, 2.75) is 0 Å². The van der Waals surface area contributed by atoms with E-state index in [4.69, 9.17) is 4.74 Å². The van der Waals surface area contributed by atoms with Crippen LogP contribution in [0.2, 0.25) is 0 Å². The van der Waals surface area contributed by atoms with Crippen molar-refractivity contribution in [2.75, 3.05) is 26.3 Å². The van der Waals surface area contributed by atoms with Gasteiger partial charge in [-0.15, -0.1) is 0 Å². The molecule has 0 bridgehead atoms. The van der Waals surface area contributed by atoms with Gasteiger partial charge in [-0.2, -0.15) is 0 Å². The second-order valence-corrected chi connectivity index (χ2v) is 4.38. The van der Waals surface area contributed by atoms with Crippen molar-refractivity contribution in [2.24, 2.45) is 0 Å². The molecule has 0 unspecified atom stereocenters. The fourth-order valence-electron chi connectivity index (χ4n) is 2.12. The zero-order valence-corrected chi connectivity index (χ0v) is 10.5. The van der Waals surface area contributed by atoms with Crippen LogP contribution in [0.1, 0.15) is 5.69 Å². The average Bonchev–Trinajstić information content (AvgIpc) is 2.89. The number of hydrogen-bond acceptors (Lipinski definition) is 3. The number of nitrogens with zero attached hydrogens (tertiary/aromatic N) is 3. The highest BCUT2D eigenvalue weighted by molar-refractivity contribution is 5.91. The molecule has 98 valence electrons. The number of morpholine rings is 1. The topological polar surface area (TPSA) is 46.8 Å². The van der Waals surface area contributed by atoms with Crippen molar-refractivity contribution in [1.82, 2.24) is 14.3 Å². The van der Waals surface area contributed by atoms with E-state index in [-0.39, 0.29) is 5.91 Å². The van der Waals surface area contributed by atoms with Crippen molar-refractivity contribution < 1.29 is 9.53 Å². The lowest BCUT2D eigenvalue weighted by atomic mass is 10.3. The molecule has 5 nitrogen and oxygen atoms in total. The van der Waals surface area contributed by atoms with Crippen LogP contribution in [-0.4, -0.2) is 46.5 Å². The van der Waals surface area contributed by atoms with E-state index in [1.54, 1.807) is 23.2 Å².